The maximum Gasteiger partial charge on any atom is 0.141 e. The molecule has 1 aromatic rings. The van der Waals surface area contributed by atoms with Crippen LogP contribution in [0.4, 0.5) is 0 Å². The Morgan fingerprint density at radius 1 is 1.28 bits per heavy atom. The number of nitriles is 1. The van der Waals surface area contributed by atoms with Gasteiger partial charge in [-0.2, -0.15) is 17.0 Å². The Bertz CT molecular complexity index is 372. The normalized spacial score (nSPS) is 13.8. The van der Waals surface area contributed by atoms with E-state index in [2.05, 4.69) is 18.3 Å². The van der Waals surface area contributed by atoms with Gasteiger partial charge in [0, 0.05) is 5.75 Å². The smallest absolute Gasteiger partial charge is 0.141 e. The first kappa shape index (κ1) is 15.1. The molecule has 0 aliphatic carbocycles. The van der Waals surface area contributed by atoms with Crippen LogP contribution in [0.15, 0.2) is 30.3 Å². The number of thioether (sulfide) groups is 1. The van der Waals surface area contributed by atoms with Crippen molar-refractivity contribution in [2.75, 3.05) is 18.1 Å². The highest BCUT2D eigenvalue weighted by molar-refractivity contribution is 7.99. The molecular weight excluding hydrogens is 240 g/mol. The first-order valence-corrected chi connectivity index (χ1v) is 7.74. The number of rotatable bonds is 8. The van der Waals surface area contributed by atoms with Crippen molar-refractivity contribution in [2.24, 2.45) is 0 Å². The Balaban J connectivity index is 2.79. The molecule has 98 valence electrons. The minimum absolute atomic E-state index is 0.547. The van der Waals surface area contributed by atoms with Crippen LogP contribution in [0.1, 0.15) is 32.3 Å². The van der Waals surface area contributed by atoms with Crippen LogP contribution in [0.2, 0.25) is 0 Å². The summed E-state index contributed by atoms with van der Waals surface area (Å²) in [6.07, 6.45) is 2.42. The van der Waals surface area contributed by atoms with Gasteiger partial charge in [-0.3, -0.25) is 5.32 Å². The van der Waals surface area contributed by atoms with Gasteiger partial charge in [0.2, 0.25) is 0 Å². The monoisotopic (exact) mass is 262 g/mol. The average Bonchev–Trinajstić information content (AvgIpc) is 2.43. The molecule has 18 heavy (non-hydrogen) atoms. The summed E-state index contributed by atoms with van der Waals surface area (Å²) in [6, 6.07) is 12.5. The van der Waals surface area contributed by atoms with Crippen LogP contribution in [-0.2, 0) is 5.54 Å². The highest BCUT2D eigenvalue weighted by atomic mass is 32.2. The summed E-state index contributed by atoms with van der Waals surface area (Å²) in [6.45, 7) is 5.04. The standard InChI is InChI=1S/C15H22N2S/c1-3-5-11-18-13-15(12-16,17-4-2)14-9-7-6-8-10-14/h6-10,17H,3-5,11,13H2,1-2H3. The Hall–Kier alpha value is -0.980. The zero-order valence-corrected chi connectivity index (χ0v) is 12.1. The molecule has 0 aliphatic rings. The van der Waals surface area contributed by atoms with E-state index >= 15 is 0 Å². The molecule has 1 aromatic carbocycles. The van der Waals surface area contributed by atoms with Gasteiger partial charge in [-0.05, 0) is 24.3 Å². The molecule has 0 aliphatic heterocycles. The fraction of sp³-hybridized carbons (Fsp3) is 0.533. The summed E-state index contributed by atoms with van der Waals surface area (Å²) in [5.74, 6) is 1.93. The van der Waals surface area contributed by atoms with E-state index in [1.165, 1.54) is 12.8 Å². The molecule has 1 unspecified atom stereocenters. The second-order valence-corrected chi connectivity index (χ2v) is 5.42. The summed E-state index contributed by atoms with van der Waals surface area (Å²) in [5, 5.41) is 12.9. The first-order chi connectivity index (χ1) is 8.79. The molecular formula is C15H22N2S. The highest BCUT2D eigenvalue weighted by Crippen LogP contribution is 2.25. The number of nitrogens with zero attached hydrogens (tertiary/aromatic N) is 1. The van der Waals surface area contributed by atoms with Crippen LogP contribution >= 0.6 is 11.8 Å². The second-order valence-electron chi connectivity index (χ2n) is 4.32. The van der Waals surface area contributed by atoms with Crippen molar-refractivity contribution >= 4 is 11.8 Å². The van der Waals surface area contributed by atoms with E-state index in [0.717, 1.165) is 23.6 Å². The topological polar surface area (TPSA) is 35.8 Å². The maximum atomic E-state index is 9.59. The zero-order valence-electron chi connectivity index (χ0n) is 11.3. The van der Waals surface area contributed by atoms with E-state index in [-0.39, 0.29) is 0 Å². The van der Waals surface area contributed by atoms with Gasteiger partial charge in [-0.1, -0.05) is 50.6 Å². The summed E-state index contributed by atoms with van der Waals surface area (Å²) in [5.41, 5.74) is 0.521. The van der Waals surface area contributed by atoms with Crippen molar-refractivity contribution < 1.29 is 0 Å². The van der Waals surface area contributed by atoms with Crippen LogP contribution in [0.3, 0.4) is 0 Å². The van der Waals surface area contributed by atoms with Gasteiger partial charge in [-0.15, -0.1) is 0 Å². The largest absolute Gasteiger partial charge is 0.295 e. The lowest BCUT2D eigenvalue weighted by atomic mass is 9.93. The van der Waals surface area contributed by atoms with E-state index in [0.29, 0.717) is 0 Å². The lowest BCUT2D eigenvalue weighted by Crippen LogP contribution is -2.43. The number of hydrogen-bond donors (Lipinski definition) is 1. The van der Waals surface area contributed by atoms with E-state index in [4.69, 9.17) is 0 Å². The Morgan fingerprint density at radius 3 is 2.56 bits per heavy atom. The molecule has 1 N–H and O–H groups in total. The second kappa shape index (κ2) is 8.18. The first-order valence-electron chi connectivity index (χ1n) is 6.58. The van der Waals surface area contributed by atoms with E-state index < -0.39 is 5.54 Å². The zero-order chi connectivity index (χ0) is 13.3. The van der Waals surface area contributed by atoms with Crippen LogP contribution in [0.25, 0.3) is 0 Å². The van der Waals surface area contributed by atoms with Gasteiger partial charge in [0.15, 0.2) is 0 Å². The molecule has 2 nitrogen and oxygen atoms in total. The molecule has 1 atom stereocenters. The van der Waals surface area contributed by atoms with Crippen molar-refractivity contribution in [1.29, 1.82) is 5.26 Å². The number of unbranched alkanes of at least 4 members (excludes halogenated alkanes) is 1. The summed E-state index contributed by atoms with van der Waals surface area (Å²) >= 11 is 1.86. The van der Waals surface area contributed by atoms with Gasteiger partial charge >= 0.3 is 0 Å². The fourth-order valence-corrected chi connectivity index (χ4v) is 3.15. The maximum absolute atomic E-state index is 9.59. The molecule has 1 rings (SSSR count). The summed E-state index contributed by atoms with van der Waals surface area (Å²) in [4.78, 5) is 0. The molecule has 0 fully saturated rings. The number of hydrogen-bond acceptors (Lipinski definition) is 3. The molecule has 3 heteroatoms. The van der Waals surface area contributed by atoms with Crippen molar-refractivity contribution in [2.45, 2.75) is 32.2 Å². The molecule has 0 heterocycles. The highest BCUT2D eigenvalue weighted by Gasteiger charge is 2.30. The van der Waals surface area contributed by atoms with Crippen LogP contribution in [-0.4, -0.2) is 18.1 Å². The van der Waals surface area contributed by atoms with Crippen molar-refractivity contribution in [3.63, 3.8) is 0 Å². The van der Waals surface area contributed by atoms with Gasteiger partial charge in [0.05, 0.1) is 6.07 Å². The Labute approximate surface area is 115 Å². The van der Waals surface area contributed by atoms with E-state index in [1.54, 1.807) is 0 Å². The predicted octanol–water partition coefficient (Wildman–Crippen LogP) is 3.55. The van der Waals surface area contributed by atoms with Crippen LogP contribution in [0, 0.1) is 11.3 Å². The van der Waals surface area contributed by atoms with Gasteiger partial charge in [0.1, 0.15) is 5.54 Å². The number of benzene rings is 1. The van der Waals surface area contributed by atoms with Crippen molar-refractivity contribution in [1.82, 2.24) is 5.32 Å². The lowest BCUT2D eigenvalue weighted by molar-refractivity contribution is 0.490. The van der Waals surface area contributed by atoms with E-state index in [9.17, 15) is 5.26 Å². The van der Waals surface area contributed by atoms with Gasteiger partial charge < -0.3 is 0 Å². The average molecular weight is 262 g/mol. The lowest BCUT2D eigenvalue weighted by Gasteiger charge is -2.27. The summed E-state index contributed by atoms with van der Waals surface area (Å²) in [7, 11) is 0. The van der Waals surface area contributed by atoms with E-state index in [1.807, 2.05) is 49.0 Å². The molecule has 0 aromatic heterocycles. The quantitative estimate of drug-likeness (QED) is 0.728. The fourth-order valence-electron chi connectivity index (χ4n) is 1.87. The molecule has 0 bridgehead atoms. The van der Waals surface area contributed by atoms with Gasteiger partial charge in [-0.25, -0.2) is 0 Å². The minimum Gasteiger partial charge on any atom is -0.295 e. The molecule has 0 saturated heterocycles. The van der Waals surface area contributed by atoms with Crippen molar-refractivity contribution in [3.8, 4) is 6.07 Å². The molecule has 0 saturated carbocycles. The molecule has 0 radical (unpaired) electrons. The Morgan fingerprint density at radius 2 is 2.00 bits per heavy atom. The van der Waals surface area contributed by atoms with Crippen molar-refractivity contribution in [3.05, 3.63) is 35.9 Å². The molecule has 0 amide bonds. The van der Waals surface area contributed by atoms with Crippen LogP contribution < -0.4 is 5.32 Å². The SMILES string of the molecule is CCCCSCC(C#N)(NCC)c1ccccc1. The van der Waals surface area contributed by atoms with Crippen LogP contribution in [0.5, 0.6) is 0 Å². The third-order valence-electron chi connectivity index (χ3n) is 2.90. The predicted molar refractivity (Wildman–Crippen MR) is 79.6 cm³/mol. The van der Waals surface area contributed by atoms with Gasteiger partial charge in [0.25, 0.3) is 0 Å². The minimum atomic E-state index is -0.547. The Kier molecular flexibility index (Phi) is 6.85. The molecule has 0 spiro atoms. The summed E-state index contributed by atoms with van der Waals surface area (Å²) < 4.78 is 0. The third-order valence-corrected chi connectivity index (χ3v) is 4.11. The number of nitrogens with one attached hydrogen (secondary N) is 1. The third kappa shape index (κ3) is 4.04.